The van der Waals surface area contributed by atoms with Crippen LogP contribution in [0.15, 0.2) is 0 Å². The van der Waals surface area contributed by atoms with Crippen LogP contribution in [-0.2, 0) is 4.74 Å². The van der Waals surface area contributed by atoms with Crippen molar-refractivity contribution in [2.45, 2.75) is 129 Å². The summed E-state index contributed by atoms with van der Waals surface area (Å²) in [7, 11) is 0. The van der Waals surface area contributed by atoms with Crippen molar-refractivity contribution < 1.29 is 4.74 Å². The predicted octanol–water partition coefficient (Wildman–Crippen LogP) is 7.04. The van der Waals surface area contributed by atoms with Crippen molar-refractivity contribution in [1.29, 1.82) is 0 Å². The maximum atomic E-state index is 5.78. The fraction of sp³-hybridized carbons (Fsp3) is 1.00. The van der Waals surface area contributed by atoms with Gasteiger partial charge in [0.15, 0.2) is 0 Å². The van der Waals surface area contributed by atoms with Crippen molar-refractivity contribution in [2.24, 2.45) is 0 Å². The molecular weight excluding hydrogens is 256 g/mol. The smallest absolute Gasteiger partial charge is 0.0841 e. The van der Waals surface area contributed by atoms with E-state index in [4.69, 9.17) is 4.74 Å². The van der Waals surface area contributed by atoms with E-state index in [1.54, 1.807) is 0 Å². The molecule has 0 radical (unpaired) electrons. The second kappa shape index (κ2) is 13.6. The highest BCUT2D eigenvalue weighted by Crippen LogP contribution is 2.31. The summed E-state index contributed by atoms with van der Waals surface area (Å²) in [5.74, 6) is 0. The maximum absolute atomic E-state index is 5.78. The van der Waals surface area contributed by atoms with Crippen molar-refractivity contribution in [2.75, 3.05) is 0 Å². The molecule has 2 atom stereocenters. The predicted molar refractivity (Wildman–Crippen MR) is 93.9 cm³/mol. The number of unbranched alkanes of at least 4 members (excludes halogenated alkanes) is 12. The van der Waals surface area contributed by atoms with Gasteiger partial charge in [0, 0.05) is 0 Å². The van der Waals surface area contributed by atoms with Gasteiger partial charge in [-0.3, -0.25) is 0 Å². The van der Waals surface area contributed by atoms with Gasteiger partial charge in [0.2, 0.25) is 0 Å². The highest BCUT2D eigenvalue weighted by molar-refractivity contribution is 4.84. The molecule has 126 valence electrons. The van der Waals surface area contributed by atoms with E-state index in [0.717, 1.165) is 0 Å². The maximum Gasteiger partial charge on any atom is 0.0841 e. The average Bonchev–Trinajstić information content (AvgIpc) is 3.24. The molecule has 0 aliphatic carbocycles. The Bertz CT molecular complexity index is 214. The Morgan fingerprint density at radius 2 is 0.810 bits per heavy atom. The third-order valence-electron chi connectivity index (χ3n) is 4.87. The van der Waals surface area contributed by atoms with Crippen LogP contribution in [0.5, 0.6) is 0 Å². The van der Waals surface area contributed by atoms with Crippen molar-refractivity contribution in [1.82, 2.24) is 0 Å². The first-order valence-electron chi connectivity index (χ1n) is 10.0. The highest BCUT2D eigenvalue weighted by Gasteiger charge is 2.36. The molecule has 1 rings (SSSR count). The first-order chi connectivity index (χ1) is 10.4. The summed E-state index contributed by atoms with van der Waals surface area (Å²) in [5.41, 5.74) is 0. The summed E-state index contributed by atoms with van der Waals surface area (Å²) in [5, 5.41) is 0. The molecular formula is C20H40O. The molecule has 1 fully saturated rings. The van der Waals surface area contributed by atoms with Crippen LogP contribution in [0.25, 0.3) is 0 Å². The van der Waals surface area contributed by atoms with Gasteiger partial charge in [-0.15, -0.1) is 0 Å². The lowest BCUT2D eigenvalue weighted by molar-refractivity contribution is 0.347. The minimum absolute atomic E-state index is 0.639. The molecule has 1 aliphatic rings. The van der Waals surface area contributed by atoms with Gasteiger partial charge in [0.05, 0.1) is 12.2 Å². The van der Waals surface area contributed by atoms with Gasteiger partial charge in [-0.1, -0.05) is 104 Å². The Morgan fingerprint density at radius 1 is 0.476 bits per heavy atom. The van der Waals surface area contributed by atoms with E-state index in [1.807, 2.05) is 0 Å². The van der Waals surface area contributed by atoms with Crippen molar-refractivity contribution >= 4 is 0 Å². The summed E-state index contributed by atoms with van der Waals surface area (Å²) in [6.45, 7) is 4.57. The van der Waals surface area contributed by atoms with Crippen molar-refractivity contribution in [3.05, 3.63) is 0 Å². The third kappa shape index (κ3) is 11.2. The molecule has 0 aromatic heterocycles. The molecule has 0 spiro atoms. The lowest BCUT2D eigenvalue weighted by Gasteiger charge is -2.01. The van der Waals surface area contributed by atoms with E-state index < -0.39 is 0 Å². The fourth-order valence-corrected chi connectivity index (χ4v) is 3.29. The number of rotatable bonds is 16. The monoisotopic (exact) mass is 296 g/mol. The highest BCUT2D eigenvalue weighted by atomic mass is 16.6. The van der Waals surface area contributed by atoms with Crippen LogP contribution in [0.4, 0.5) is 0 Å². The molecule has 0 saturated carbocycles. The van der Waals surface area contributed by atoms with Gasteiger partial charge in [-0.2, -0.15) is 0 Å². The number of epoxide rings is 1. The SMILES string of the molecule is CCCCCCCCCCCC[C@@H]1O[C@@H]1CCCCCC. The Labute approximate surface area is 134 Å². The van der Waals surface area contributed by atoms with E-state index in [9.17, 15) is 0 Å². The molecule has 1 heteroatoms. The lowest BCUT2D eigenvalue weighted by atomic mass is 10.0. The fourth-order valence-electron chi connectivity index (χ4n) is 3.29. The number of hydrogen-bond acceptors (Lipinski definition) is 1. The first-order valence-corrected chi connectivity index (χ1v) is 10.0. The summed E-state index contributed by atoms with van der Waals surface area (Å²) >= 11 is 0. The van der Waals surface area contributed by atoms with E-state index in [2.05, 4.69) is 13.8 Å². The second-order valence-electron chi connectivity index (χ2n) is 7.03. The molecule has 1 heterocycles. The molecule has 0 N–H and O–H groups in total. The molecule has 0 unspecified atom stereocenters. The van der Waals surface area contributed by atoms with Gasteiger partial charge in [-0.25, -0.2) is 0 Å². The van der Waals surface area contributed by atoms with Gasteiger partial charge >= 0.3 is 0 Å². The minimum Gasteiger partial charge on any atom is -0.370 e. The largest absolute Gasteiger partial charge is 0.370 e. The molecule has 21 heavy (non-hydrogen) atoms. The summed E-state index contributed by atoms with van der Waals surface area (Å²) in [4.78, 5) is 0. The number of hydrogen-bond donors (Lipinski definition) is 0. The number of ether oxygens (including phenoxy) is 1. The molecule has 1 nitrogen and oxygen atoms in total. The zero-order valence-electron chi connectivity index (χ0n) is 14.9. The quantitative estimate of drug-likeness (QED) is 0.220. The van der Waals surface area contributed by atoms with Crippen LogP contribution in [0, 0.1) is 0 Å². The minimum atomic E-state index is 0.639. The van der Waals surface area contributed by atoms with E-state index in [0.29, 0.717) is 12.2 Å². The third-order valence-corrected chi connectivity index (χ3v) is 4.87. The van der Waals surface area contributed by atoms with E-state index in [1.165, 1.54) is 103 Å². The van der Waals surface area contributed by atoms with Crippen LogP contribution in [0.3, 0.4) is 0 Å². The summed E-state index contributed by atoms with van der Waals surface area (Å²) < 4.78 is 5.78. The van der Waals surface area contributed by atoms with Gasteiger partial charge in [-0.05, 0) is 12.8 Å². The van der Waals surface area contributed by atoms with Crippen LogP contribution in [-0.4, -0.2) is 12.2 Å². The van der Waals surface area contributed by atoms with Crippen molar-refractivity contribution in [3.8, 4) is 0 Å². The van der Waals surface area contributed by atoms with Crippen LogP contribution in [0.1, 0.15) is 117 Å². The second-order valence-corrected chi connectivity index (χ2v) is 7.03. The first kappa shape index (κ1) is 19.0. The summed E-state index contributed by atoms with van der Waals surface area (Å²) in [6, 6.07) is 0. The molecule has 0 amide bonds. The summed E-state index contributed by atoms with van der Waals surface area (Å²) in [6.07, 6.45) is 23.8. The van der Waals surface area contributed by atoms with E-state index in [-0.39, 0.29) is 0 Å². The Kier molecular flexibility index (Phi) is 12.3. The van der Waals surface area contributed by atoms with E-state index >= 15 is 0 Å². The Hall–Kier alpha value is -0.0400. The Morgan fingerprint density at radius 3 is 1.24 bits per heavy atom. The molecule has 0 aromatic carbocycles. The Balaban J connectivity index is 1.72. The molecule has 1 aliphatic heterocycles. The topological polar surface area (TPSA) is 12.5 Å². The molecule has 1 saturated heterocycles. The van der Waals surface area contributed by atoms with Gasteiger partial charge in [0.1, 0.15) is 0 Å². The van der Waals surface area contributed by atoms with Gasteiger partial charge in [0.25, 0.3) is 0 Å². The van der Waals surface area contributed by atoms with Crippen LogP contribution in [0.2, 0.25) is 0 Å². The van der Waals surface area contributed by atoms with Crippen LogP contribution >= 0.6 is 0 Å². The van der Waals surface area contributed by atoms with Crippen molar-refractivity contribution in [3.63, 3.8) is 0 Å². The normalized spacial score (nSPS) is 20.9. The molecule has 0 bridgehead atoms. The standard InChI is InChI=1S/C20H40O/c1-3-5-7-9-10-11-12-13-14-16-18-20-19(21-20)17-15-8-6-4-2/h19-20H,3-18H2,1-2H3/t19-,20+/m1/s1. The van der Waals surface area contributed by atoms with Gasteiger partial charge < -0.3 is 4.74 Å². The van der Waals surface area contributed by atoms with Crippen LogP contribution < -0.4 is 0 Å². The molecule has 0 aromatic rings. The zero-order chi connectivity index (χ0) is 15.2. The average molecular weight is 297 g/mol. The zero-order valence-corrected chi connectivity index (χ0v) is 14.9. The lowest BCUT2D eigenvalue weighted by Crippen LogP contribution is -1.94.